The number of nitro groups is 1. The van der Waals surface area contributed by atoms with Crippen molar-refractivity contribution in [1.29, 1.82) is 0 Å². The molecule has 0 spiro atoms. The van der Waals surface area contributed by atoms with E-state index in [1.54, 1.807) is 13.0 Å². The van der Waals surface area contributed by atoms with Crippen LogP contribution in [-0.2, 0) is 19.6 Å². The van der Waals surface area contributed by atoms with Gasteiger partial charge in [0.2, 0.25) is 10.0 Å². The molecule has 1 aromatic rings. The van der Waals surface area contributed by atoms with Gasteiger partial charge in [-0.2, -0.15) is 0 Å². The second kappa shape index (κ2) is 14.8. The molecule has 0 amide bonds. The fourth-order valence-corrected chi connectivity index (χ4v) is 3.98. The van der Waals surface area contributed by atoms with Crippen molar-refractivity contribution in [2.45, 2.75) is 58.0 Å². The fourth-order valence-electron chi connectivity index (χ4n) is 3.05. The second-order valence-corrected chi connectivity index (χ2v) is 9.48. The Kier molecular flexibility index (Phi) is 12.8. The SMILES string of the molecule is CCOC(=O)CCCCCCN(CCCC(O)COc1cccc([N+](=O)[O-])c1)S(C)(=O)=O. The predicted octanol–water partition coefficient (Wildman–Crippen LogP) is 2.89. The average molecular weight is 475 g/mol. The molecular weight excluding hydrogens is 440 g/mol. The topological polar surface area (TPSA) is 136 Å². The van der Waals surface area contributed by atoms with E-state index in [4.69, 9.17) is 9.47 Å². The number of carbonyl (C=O) groups excluding carboxylic acids is 1. The number of carbonyl (C=O) groups is 1. The van der Waals surface area contributed by atoms with Crippen molar-refractivity contribution in [2.75, 3.05) is 32.6 Å². The Labute approximate surface area is 189 Å². The van der Waals surface area contributed by atoms with E-state index in [2.05, 4.69) is 0 Å². The van der Waals surface area contributed by atoms with Crippen LogP contribution in [0.3, 0.4) is 0 Å². The van der Waals surface area contributed by atoms with E-state index in [-0.39, 0.29) is 24.8 Å². The summed E-state index contributed by atoms with van der Waals surface area (Å²) in [5, 5.41) is 20.9. The highest BCUT2D eigenvalue weighted by Gasteiger charge is 2.17. The molecule has 0 bridgehead atoms. The van der Waals surface area contributed by atoms with Crippen LogP contribution in [0.15, 0.2) is 24.3 Å². The highest BCUT2D eigenvalue weighted by atomic mass is 32.2. The van der Waals surface area contributed by atoms with Crippen molar-refractivity contribution in [3.05, 3.63) is 34.4 Å². The molecule has 10 nitrogen and oxygen atoms in total. The number of aliphatic hydroxyl groups is 1. The Morgan fingerprint density at radius 1 is 1.19 bits per heavy atom. The van der Waals surface area contributed by atoms with Crippen LogP contribution in [0.1, 0.15) is 51.9 Å². The lowest BCUT2D eigenvalue weighted by molar-refractivity contribution is -0.384. The summed E-state index contributed by atoms with van der Waals surface area (Å²) < 4.78 is 35.7. The molecular formula is C21H34N2O8S. The average Bonchev–Trinajstić information content (AvgIpc) is 2.73. The normalized spacial score (nSPS) is 12.5. The van der Waals surface area contributed by atoms with Gasteiger partial charge in [0.1, 0.15) is 12.4 Å². The zero-order valence-corrected chi connectivity index (χ0v) is 19.6. The van der Waals surface area contributed by atoms with Crippen LogP contribution in [0, 0.1) is 10.1 Å². The molecule has 0 saturated heterocycles. The van der Waals surface area contributed by atoms with Crippen molar-refractivity contribution < 1.29 is 32.7 Å². The number of rotatable bonds is 17. The smallest absolute Gasteiger partial charge is 0.305 e. The number of aliphatic hydroxyl groups excluding tert-OH is 1. The predicted molar refractivity (Wildman–Crippen MR) is 120 cm³/mol. The standard InChI is InChI=1S/C21H34N2O8S/c1-3-30-21(25)13-6-4-5-7-14-22(32(2,28)29)15-9-11-19(24)17-31-20-12-8-10-18(16-20)23(26)27/h8,10,12,16,19,24H,3-7,9,11,13-15,17H2,1-2H3. The molecule has 0 aliphatic heterocycles. The molecule has 1 aromatic carbocycles. The molecule has 1 atom stereocenters. The number of benzene rings is 1. The van der Waals surface area contributed by atoms with E-state index in [1.807, 2.05) is 0 Å². The summed E-state index contributed by atoms with van der Waals surface area (Å²) >= 11 is 0. The van der Waals surface area contributed by atoms with Gasteiger partial charge in [0, 0.05) is 25.6 Å². The van der Waals surface area contributed by atoms with Gasteiger partial charge in [-0.3, -0.25) is 14.9 Å². The zero-order chi connectivity index (χ0) is 24.0. The summed E-state index contributed by atoms with van der Waals surface area (Å²) in [7, 11) is -3.36. The summed E-state index contributed by atoms with van der Waals surface area (Å²) in [4.78, 5) is 21.6. The van der Waals surface area contributed by atoms with Gasteiger partial charge in [-0.05, 0) is 38.7 Å². The maximum Gasteiger partial charge on any atom is 0.305 e. The Hall–Kier alpha value is -2.24. The number of unbranched alkanes of at least 4 members (excludes halogenated alkanes) is 3. The van der Waals surface area contributed by atoms with E-state index >= 15 is 0 Å². The van der Waals surface area contributed by atoms with Crippen molar-refractivity contribution >= 4 is 21.7 Å². The van der Waals surface area contributed by atoms with Gasteiger partial charge in [-0.1, -0.05) is 18.9 Å². The van der Waals surface area contributed by atoms with Crippen molar-refractivity contribution in [1.82, 2.24) is 4.31 Å². The highest BCUT2D eigenvalue weighted by Crippen LogP contribution is 2.19. The summed E-state index contributed by atoms with van der Waals surface area (Å²) in [5.74, 6) is 0.0808. The molecule has 0 aromatic heterocycles. The molecule has 1 unspecified atom stereocenters. The largest absolute Gasteiger partial charge is 0.491 e. The first-order valence-corrected chi connectivity index (χ1v) is 12.6. The van der Waals surface area contributed by atoms with Crippen LogP contribution < -0.4 is 4.74 Å². The lowest BCUT2D eigenvalue weighted by Crippen LogP contribution is -2.32. The molecule has 0 radical (unpaired) electrons. The number of ether oxygens (including phenoxy) is 2. The van der Waals surface area contributed by atoms with Gasteiger partial charge in [0.25, 0.3) is 5.69 Å². The van der Waals surface area contributed by atoms with Gasteiger partial charge in [0.05, 0.1) is 30.0 Å². The molecule has 0 fully saturated rings. The first kappa shape index (κ1) is 27.8. The van der Waals surface area contributed by atoms with E-state index in [0.29, 0.717) is 51.0 Å². The minimum atomic E-state index is -3.36. The minimum absolute atomic E-state index is 0.0412. The number of nitrogens with zero attached hydrogens (tertiary/aromatic N) is 2. The van der Waals surface area contributed by atoms with Crippen LogP contribution in [0.2, 0.25) is 0 Å². The summed E-state index contributed by atoms with van der Waals surface area (Å²) in [5.41, 5.74) is -0.0957. The van der Waals surface area contributed by atoms with Gasteiger partial charge in [0.15, 0.2) is 0 Å². The van der Waals surface area contributed by atoms with Crippen LogP contribution in [-0.4, -0.2) is 67.4 Å². The number of non-ortho nitro benzene ring substituents is 1. The van der Waals surface area contributed by atoms with E-state index < -0.39 is 21.1 Å². The Morgan fingerprint density at radius 2 is 1.88 bits per heavy atom. The summed E-state index contributed by atoms with van der Waals surface area (Å²) in [6, 6.07) is 5.70. The maximum atomic E-state index is 12.0. The molecule has 0 heterocycles. The van der Waals surface area contributed by atoms with E-state index in [0.717, 1.165) is 19.1 Å². The Bertz CT molecular complexity index is 816. The first-order chi connectivity index (χ1) is 15.1. The quantitative estimate of drug-likeness (QED) is 0.157. The Balaban J connectivity index is 2.30. The molecule has 1 rings (SSSR count). The van der Waals surface area contributed by atoms with Crippen LogP contribution >= 0.6 is 0 Å². The third kappa shape index (κ3) is 12.0. The lowest BCUT2D eigenvalue weighted by Gasteiger charge is -2.20. The number of esters is 1. The highest BCUT2D eigenvalue weighted by molar-refractivity contribution is 7.88. The third-order valence-electron chi connectivity index (χ3n) is 4.73. The van der Waals surface area contributed by atoms with Gasteiger partial charge in [-0.25, -0.2) is 12.7 Å². The monoisotopic (exact) mass is 474 g/mol. The number of nitro benzene ring substituents is 1. The first-order valence-electron chi connectivity index (χ1n) is 10.8. The molecule has 182 valence electrons. The Morgan fingerprint density at radius 3 is 2.53 bits per heavy atom. The van der Waals surface area contributed by atoms with Crippen molar-refractivity contribution in [3.8, 4) is 5.75 Å². The van der Waals surface area contributed by atoms with Crippen molar-refractivity contribution in [2.24, 2.45) is 0 Å². The van der Waals surface area contributed by atoms with Crippen LogP contribution in [0.4, 0.5) is 5.69 Å². The molecule has 0 saturated carbocycles. The third-order valence-corrected chi connectivity index (χ3v) is 6.03. The van der Waals surface area contributed by atoms with Gasteiger partial charge in [-0.15, -0.1) is 0 Å². The van der Waals surface area contributed by atoms with E-state index in [1.165, 1.54) is 22.5 Å². The molecule has 32 heavy (non-hydrogen) atoms. The molecule has 0 aliphatic rings. The molecule has 0 aliphatic carbocycles. The number of hydrogen-bond acceptors (Lipinski definition) is 8. The number of sulfonamides is 1. The maximum absolute atomic E-state index is 12.0. The lowest BCUT2D eigenvalue weighted by atomic mass is 10.1. The minimum Gasteiger partial charge on any atom is -0.491 e. The molecule has 1 N–H and O–H groups in total. The summed E-state index contributed by atoms with van der Waals surface area (Å²) in [6.07, 6.45) is 4.54. The van der Waals surface area contributed by atoms with Gasteiger partial charge >= 0.3 is 5.97 Å². The second-order valence-electron chi connectivity index (χ2n) is 7.49. The van der Waals surface area contributed by atoms with Crippen molar-refractivity contribution in [3.63, 3.8) is 0 Å². The molecule has 11 heteroatoms. The van der Waals surface area contributed by atoms with Gasteiger partial charge < -0.3 is 14.6 Å². The van der Waals surface area contributed by atoms with Crippen LogP contribution in [0.5, 0.6) is 5.75 Å². The zero-order valence-electron chi connectivity index (χ0n) is 18.8. The fraction of sp³-hybridized carbons (Fsp3) is 0.667. The summed E-state index contributed by atoms with van der Waals surface area (Å²) in [6.45, 7) is 2.77. The van der Waals surface area contributed by atoms with Crippen LogP contribution in [0.25, 0.3) is 0 Å². The number of hydrogen-bond donors (Lipinski definition) is 1. The van der Waals surface area contributed by atoms with E-state index in [9.17, 15) is 28.4 Å².